The average Bonchev–Trinajstić information content (AvgIpc) is 2.62. The van der Waals surface area contributed by atoms with Crippen LogP contribution in [0.5, 0.6) is 0 Å². The lowest BCUT2D eigenvalue weighted by Gasteiger charge is -2.33. The third-order valence-electron chi connectivity index (χ3n) is 3.30. The fourth-order valence-corrected chi connectivity index (χ4v) is 2.30. The average molecular weight is 299 g/mol. The largest absolute Gasteiger partial charge is 0.433 e. The number of hydrogen-bond donors (Lipinski definition) is 1. The zero-order valence-electron chi connectivity index (χ0n) is 10.9. The smallest absolute Gasteiger partial charge is 0.314 e. The van der Waals surface area contributed by atoms with Crippen LogP contribution in [0.25, 0.3) is 0 Å². The number of halogens is 4. The number of rotatable bonds is 2. The lowest BCUT2D eigenvalue weighted by molar-refractivity contribution is -0.144. The molecule has 0 aliphatic carbocycles. The van der Waals surface area contributed by atoms with Crippen molar-refractivity contribution in [1.29, 1.82) is 0 Å². The number of nitrogens with one attached hydrogen (secondary N) is 1. The van der Waals surface area contributed by atoms with Crippen LogP contribution in [0, 0.1) is 0 Å². The normalized spacial score (nSPS) is 21.2. The number of nitrogens with zero attached hydrogens (tertiary/aromatic N) is 3. The Bertz CT molecular complexity index is 419. The Kier molecular flexibility index (Phi) is 5.23. The second-order valence-electron chi connectivity index (χ2n) is 4.66. The zero-order chi connectivity index (χ0) is 13.3. The van der Waals surface area contributed by atoms with Crippen LogP contribution in [-0.4, -0.2) is 40.4 Å². The first-order valence-electron chi connectivity index (χ1n) is 5.92. The third-order valence-corrected chi connectivity index (χ3v) is 3.30. The van der Waals surface area contributed by atoms with Crippen molar-refractivity contribution in [2.45, 2.75) is 25.7 Å². The number of aryl methyl sites for hydroxylation is 1. The quantitative estimate of drug-likeness (QED) is 0.901. The van der Waals surface area contributed by atoms with Gasteiger partial charge >= 0.3 is 6.18 Å². The van der Waals surface area contributed by atoms with Gasteiger partial charge < -0.3 is 5.32 Å². The highest BCUT2D eigenvalue weighted by Gasteiger charge is 2.37. The van der Waals surface area contributed by atoms with E-state index in [0.717, 1.165) is 24.3 Å². The van der Waals surface area contributed by atoms with Gasteiger partial charge in [0.15, 0.2) is 0 Å². The lowest BCUT2D eigenvalue weighted by Crippen LogP contribution is -2.49. The molecule has 2 rings (SSSR count). The monoisotopic (exact) mass is 298 g/mol. The van der Waals surface area contributed by atoms with Crippen molar-refractivity contribution in [3.63, 3.8) is 0 Å². The molecule has 0 bridgehead atoms. The van der Waals surface area contributed by atoms with E-state index < -0.39 is 11.9 Å². The van der Waals surface area contributed by atoms with Crippen molar-refractivity contribution in [1.82, 2.24) is 20.0 Å². The van der Waals surface area contributed by atoms with Gasteiger partial charge in [0.2, 0.25) is 0 Å². The summed E-state index contributed by atoms with van der Waals surface area (Å²) in [5.74, 6) is 0. The molecule has 1 aromatic rings. The Morgan fingerprint density at radius 1 is 1.47 bits per heavy atom. The van der Waals surface area contributed by atoms with E-state index in [1.165, 1.54) is 13.2 Å². The van der Waals surface area contributed by atoms with E-state index in [4.69, 9.17) is 0 Å². The molecule has 110 valence electrons. The minimum Gasteiger partial charge on any atom is -0.314 e. The lowest BCUT2D eigenvalue weighted by atomic mass is 10.1. The van der Waals surface area contributed by atoms with Crippen molar-refractivity contribution in [3.8, 4) is 0 Å². The Hall–Kier alpha value is -0.790. The van der Waals surface area contributed by atoms with Crippen LogP contribution in [0.4, 0.5) is 13.2 Å². The fourth-order valence-electron chi connectivity index (χ4n) is 2.30. The maximum Gasteiger partial charge on any atom is 0.433 e. The van der Waals surface area contributed by atoms with Gasteiger partial charge in [-0.1, -0.05) is 0 Å². The highest BCUT2D eigenvalue weighted by atomic mass is 35.5. The molecule has 1 saturated heterocycles. The van der Waals surface area contributed by atoms with E-state index in [-0.39, 0.29) is 24.0 Å². The second kappa shape index (κ2) is 6.11. The molecule has 0 aromatic carbocycles. The van der Waals surface area contributed by atoms with E-state index in [1.807, 2.05) is 11.8 Å². The summed E-state index contributed by atoms with van der Waals surface area (Å²) in [6, 6.07) is 0.236. The van der Waals surface area contributed by atoms with Crippen LogP contribution in [-0.2, 0) is 19.8 Å². The Balaban J connectivity index is 0.00000180. The molecule has 1 N–H and O–H groups in total. The molecule has 19 heavy (non-hydrogen) atoms. The maximum absolute atomic E-state index is 12.9. The molecule has 1 aromatic heterocycles. The van der Waals surface area contributed by atoms with Crippen molar-refractivity contribution < 1.29 is 13.2 Å². The molecule has 0 saturated carbocycles. The first-order valence-corrected chi connectivity index (χ1v) is 5.92. The predicted molar refractivity (Wildman–Crippen MR) is 68.2 cm³/mol. The van der Waals surface area contributed by atoms with E-state index in [9.17, 15) is 13.2 Å². The van der Waals surface area contributed by atoms with Crippen LogP contribution in [0.3, 0.4) is 0 Å². The van der Waals surface area contributed by atoms with Crippen molar-refractivity contribution >= 4 is 12.4 Å². The molecule has 1 fully saturated rings. The third kappa shape index (κ3) is 3.61. The van der Waals surface area contributed by atoms with Crippen LogP contribution in [0.1, 0.15) is 18.2 Å². The topological polar surface area (TPSA) is 33.1 Å². The fraction of sp³-hybridized carbons (Fsp3) is 0.727. The summed E-state index contributed by atoms with van der Waals surface area (Å²) in [7, 11) is 1.33. The molecule has 0 amide bonds. The molecule has 1 atom stereocenters. The van der Waals surface area contributed by atoms with Crippen LogP contribution < -0.4 is 5.32 Å². The van der Waals surface area contributed by atoms with Gasteiger partial charge in [-0.05, 0) is 6.92 Å². The summed E-state index contributed by atoms with van der Waals surface area (Å²) in [6.45, 7) is 4.68. The molecule has 1 aliphatic heterocycles. The second-order valence-corrected chi connectivity index (χ2v) is 4.66. The van der Waals surface area contributed by atoms with Gasteiger partial charge in [-0.15, -0.1) is 12.4 Å². The molecule has 0 unspecified atom stereocenters. The van der Waals surface area contributed by atoms with Gasteiger partial charge in [0, 0.05) is 44.8 Å². The predicted octanol–water partition coefficient (Wildman–Crippen LogP) is 1.65. The van der Waals surface area contributed by atoms with Gasteiger partial charge in [-0.25, -0.2) is 0 Å². The summed E-state index contributed by atoms with van der Waals surface area (Å²) in [4.78, 5) is 2.04. The first kappa shape index (κ1) is 16.3. The number of piperazine rings is 1. The molecule has 1 aliphatic rings. The molecular formula is C11H18ClF3N4. The Morgan fingerprint density at radius 3 is 2.74 bits per heavy atom. The van der Waals surface area contributed by atoms with Crippen LogP contribution in [0.15, 0.2) is 6.20 Å². The first-order chi connectivity index (χ1) is 8.39. The van der Waals surface area contributed by atoms with Crippen molar-refractivity contribution in [3.05, 3.63) is 17.5 Å². The standard InChI is InChI=1S/C11H17F3N4.ClH/c1-8-5-15-3-4-18(8)7-9-6-16-17(2)10(9)11(12,13)14;/h6,8,15H,3-5,7H2,1-2H3;1H/t8-;/m1./s1. The zero-order valence-corrected chi connectivity index (χ0v) is 11.7. The van der Waals surface area contributed by atoms with Gasteiger partial charge in [0.1, 0.15) is 5.69 Å². The summed E-state index contributed by atoms with van der Waals surface area (Å²) in [6.07, 6.45) is -3.03. The van der Waals surface area contributed by atoms with Crippen molar-refractivity contribution in [2.75, 3.05) is 19.6 Å². The van der Waals surface area contributed by atoms with E-state index in [0.29, 0.717) is 6.54 Å². The van der Waals surface area contributed by atoms with Crippen molar-refractivity contribution in [2.24, 2.45) is 7.05 Å². The molecule has 4 nitrogen and oxygen atoms in total. The highest BCUT2D eigenvalue weighted by Crippen LogP contribution is 2.32. The van der Waals surface area contributed by atoms with Gasteiger partial charge in [-0.3, -0.25) is 9.58 Å². The van der Waals surface area contributed by atoms with Crippen LogP contribution >= 0.6 is 12.4 Å². The van der Waals surface area contributed by atoms with Gasteiger partial charge in [0.25, 0.3) is 0 Å². The van der Waals surface area contributed by atoms with E-state index in [1.54, 1.807) is 0 Å². The SMILES string of the molecule is C[C@@H]1CNCCN1Cc1cnn(C)c1C(F)(F)F.Cl. The number of alkyl halides is 3. The Labute approximate surface area is 116 Å². The minimum absolute atomic E-state index is 0. The molecule has 0 spiro atoms. The molecular weight excluding hydrogens is 281 g/mol. The summed E-state index contributed by atoms with van der Waals surface area (Å²) in [5, 5.41) is 6.94. The summed E-state index contributed by atoms with van der Waals surface area (Å²) in [5.41, 5.74) is -0.396. The summed E-state index contributed by atoms with van der Waals surface area (Å²) < 4.78 is 39.6. The van der Waals surface area contributed by atoms with E-state index in [2.05, 4.69) is 10.4 Å². The molecule has 8 heteroatoms. The maximum atomic E-state index is 12.9. The van der Waals surface area contributed by atoms with E-state index >= 15 is 0 Å². The summed E-state index contributed by atoms with van der Waals surface area (Å²) >= 11 is 0. The minimum atomic E-state index is -4.35. The number of hydrogen-bond acceptors (Lipinski definition) is 3. The Morgan fingerprint density at radius 2 is 2.16 bits per heavy atom. The highest BCUT2D eigenvalue weighted by molar-refractivity contribution is 5.85. The molecule has 0 radical (unpaired) electrons. The van der Waals surface area contributed by atoms with Gasteiger partial charge in [-0.2, -0.15) is 18.3 Å². The molecule has 2 heterocycles. The number of aromatic nitrogens is 2. The van der Waals surface area contributed by atoms with Crippen LogP contribution in [0.2, 0.25) is 0 Å². The van der Waals surface area contributed by atoms with Gasteiger partial charge in [0.05, 0.1) is 6.20 Å².